The van der Waals surface area contributed by atoms with Crippen molar-refractivity contribution in [1.29, 1.82) is 0 Å². The summed E-state index contributed by atoms with van der Waals surface area (Å²) in [5.74, 6) is 2.76. The summed E-state index contributed by atoms with van der Waals surface area (Å²) in [6.45, 7) is 5.26. The molecule has 0 unspecified atom stereocenters. The number of benzene rings is 3. The number of carbonyl (C=O) groups excluding carboxylic acids is 1. The molecule has 210 valence electrons. The maximum absolute atomic E-state index is 12.8. The van der Waals surface area contributed by atoms with Crippen LogP contribution >= 0.6 is 23.4 Å². The van der Waals surface area contributed by atoms with Gasteiger partial charge in [-0.3, -0.25) is 9.69 Å². The highest BCUT2D eigenvalue weighted by molar-refractivity contribution is 7.98. The predicted octanol–water partition coefficient (Wildman–Crippen LogP) is 5.40. The zero-order valence-corrected chi connectivity index (χ0v) is 24.0. The number of amides is 1. The Morgan fingerprint density at radius 3 is 2.51 bits per heavy atom. The lowest BCUT2D eigenvalue weighted by Gasteiger charge is -2.35. The van der Waals surface area contributed by atoms with Gasteiger partial charge in [-0.1, -0.05) is 71.9 Å². The van der Waals surface area contributed by atoms with E-state index in [1.807, 2.05) is 54.6 Å². The molecule has 3 heterocycles. The fourth-order valence-corrected chi connectivity index (χ4v) is 5.90. The van der Waals surface area contributed by atoms with Gasteiger partial charge in [0.25, 0.3) is 5.91 Å². The van der Waals surface area contributed by atoms with E-state index < -0.39 is 0 Å². The van der Waals surface area contributed by atoms with Gasteiger partial charge in [0.05, 0.1) is 0 Å². The van der Waals surface area contributed by atoms with Crippen LogP contribution in [0.5, 0.6) is 11.5 Å². The number of carbonyl (C=O) groups is 1. The minimum atomic E-state index is -0.137. The van der Waals surface area contributed by atoms with Crippen LogP contribution in [0.15, 0.2) is 84.0 Å². The third-order valence-electron chi connectivity index (χ3n) is 7.05. The lowest BCUT2D eigenvalue weighted by atomic mass is 10.1. The summed E-state index contributed by atoms with van der Waals surface area (Å²) in [5, 5.41) is 4.04. The van der Waals surface area contributed by atoms with Gasteiger partial charge in [-0.05, 0) is 41.0 Å². The maximum Gasteiger partial charge on any atom is 0.251 e. The third-order valence-corrected chi connectivity index (χ3v) is 8.17. The monoisotopic (exact) mass is 587 g/mol. The molecule has 4 aromatic rings. The maximum atomic E-state index is 12.8. The molecule has 1 saturated heterocycles. The number of nitrogens with zero attached hydrogens (tertiary/aromatic N) is 4. The van der Waals surface area contributed by atoms with Crippen molar-refractivity contribution in [1.82, 2.24) is 20.2 Å². The van der Waals surface area contributed by atoms with E-state index in [9.17, 15) is 4.79 Å². The van der Waals surface area contributed by atoms with Crippen LogP contribution in [0.25, 0.3) is 0 Å². The van der Waals surface area contributed by atoms with Crippen LogP contribution in [0.1, 0.15) is 27.0 Å². The molecular formula is C31H30ClN5O3S. The summed E-state index contributed by atoms with van der Waals surface area (Å²) < 4.78 is 10.8. The molecule has 0 spiro atoms. The van der Waals surface area contributed by atoms with Gasteiger partial charge in [0.1, 0.15) is 11.0 Å². The lowest BCUT2D eigenvalue weighted by molar-refractivity contribution is 0.0950. The SMILES string of the molecule is O=C(NCc1ccc2c(c1)OCO2)c1cccc(CSc2nc(Cl)cc(N3CCN(Cc4ccccc4)CC3)n2)c1. The zero-order valence-electron chi connectivity index (χ0n) is 22.5. The summed E-state index contributed by atoms with van der Waals surface area (Å²) in [6, 6.07) is 25.7. The second-order valence-electron chi connectivity index (χ2n) is 9.94. The highest BCUT2D eigenvalue weighted by Crippen LogP contribution is 2.32. The van der Waals surface area contributed by atoms with Crippen LogP contribution < -0.4 is 19.7 Å². The summed E-state index contributed by atoms with van der Waals surface area (Å²) in [7, 11) is 0. The largest absolute Gasteiger partial charge is 0.454 e. The first-order chi connectivity index (χ1) is 20.1. The van der Waals surface area contributed by atoms with E-state index in [1.165, 1.54) is 17.3 Å². The van der Waals surface area contributed by atoms with E-state index in [2.05, 4.69) is 44.4 Å². The van der Waals surface area contributed by atoms with Crippen LogP contribution in [0.3, 0.4) is 0 Å². The van der Waals surface area contributed by atoms with Gasteiger partial charge >= 0.3 is 0 Å². The normalized spacial score (nSPS) is 14.7. The molecule has 0 saturated carbocycles. The fourth-order valence-electron chi connectivity index (χ4n) is 4.87. The minimum absolute atomic E-state index is 0.137. The van der Waals surface area contributed by atoms with E-state index in [0.717, 1.165) is 55.4 Å². The number of aromatic nitrogens is 2. The smallest absolute Gasteiger partial charge is 0.251 e. The van der Waals surface area contributed by atoms with Crippen molar-refractivity contribution in [3.63, 3.8) is 0 Å². The predicted molar refractivity (Wildman–Crippen MR) is 161 cm³/mol. The second-order valence-corrected chi connectivity index (χ2v) is 11.3. The van der Waals surface area contributed by atoms with E-state index in [1.54, 1.807) is 0 Å². The van der Waals surface area contributed by atoms with Gasteiger partial charge in [0.15, 0.2) is 16.7 Å². The van der Waals surface area contributed by atoms with Gasteiger partial charge in [0.2, 0.25) is 6.79 Å². The van der Waals surface area contributed by atoms with Crippen LogP contribution in [0, 0.1) is 0 Å². The van der Waals surface area contributed by atoms with Crippen molar-refractivity contribution >= 4 is 35.1 Å². The highest BCUT2D eigenvalue weighted by atomic mass is 35.5. The second kappa shape index (κ2) is 12.8. The first-order valence-electron chi connectivity index (χ1n) is 13.5. The molecule has 2 aliphatic heterocycles. The van der Waals surface area contributed by atoms with Crippen molar-refractivity contribution in [2.24, 2.45) is 0 Å². The average Bonchev–Trinajstić information content (AvgIpc) is 3.48. The van der Waals surface area contributed by atoms with Gasteiger partial charge in [-0.15, -0.1) is 0 Å². The Bertz CT molecular complexity index is 1520. The molecule has 41 heavy (non-hydrogen) atoms. The number of ether oxygens (including phenoxy) is 2. The lowest BCUT2D eigenvalue weighted by Crippen LogP contribution is -2.46. The molecule has 0 bridgehead atoms. The van der Waals surface area contributed by atoms with Crippen molar-refractivity contribution < 1.29 is 14.3 Å². The van der Waals surface area contributed by atoms with Crippen molar-refractivity contribution in [2.75, 3.05) is 37.9 Å². The molecule has 1 aromatic heterocycles. The Hall–Kier alpha value is -3.79. The van der Waals surface area contributed by atoms with Crippen molar-refractivity contribution in [2.45, 2.75) is 24.0 Å². The molecule has 1 amide bonds. The first-order valence-corrected chi connectivity index (χ1v) is 14.9. The molecular weight excluding hydrogens is 558 g/mol. The Kier molecular flexibility index (Phi) is 8.55. The third kappa shape index (κ3) is 7.11. The van der Waals surface area contributed by atoms with Crippen LogP contribution in [-0.4, -0.2) is 53.7 Å². The number of halogens is 1. The highest BCUT2D eigenvalue weighted by Gasteiger charge is 2.20. The van der Waals surface area contributed by atoms with Crippen LogP contribution in [0.4, 0.5) is 5.82 Å². The Morgan fingerprint density at radius 1 is 0.854 bits per heavy atom. The van der Waals surface area contributed by atoms with E-state index in [0.29, 0.717) is 33.9 Å². The summed E-state index contributed by atoms with van der Waals surface area (Å²) in [4.78, 5) is 26.8. The molecule has 1 N–H and O–H groups in total. The quantitative estimate of drug-likeness (QED) is 0.158. The van der Waals surface area contributed by atoms with Crippen LogP contribution in [0.2, 0.25) is 5.15 Å². The molecule has 0 aliphatic carbocycles. The number of piperazine rings is 1. The minimum Gasteiger partial charge on any atom is -0.454 e. The van der Waals surface area contributed by atoms with E-state index >= 15 is 0 Å². The van der Waals surface area contributed by atoms with Crippen molar-refractivity contribution in [3.05, 3.63) is 106 Å². The zero-order chi connectivity index (χ0) is 28.0. The fraction of sp³-hybridized carbons (Fsp3) is 0.258. The van der Waals surface area contributed by atoms with Gasteiger partial charge in [0, 0.05) is 56.7 Å². The molecule has 1 fully saturated rings. The molecule has 6 rings (SSSR count). The topological polar surface area (TPSA) is 79.8 Å². The number of thioether (sulfide) groups is 1. The molecule has 0 atom stereocenters. The van der Waals surface area contributed by atoms with E-state index in [4.69, 9.17) is 26.1 Å². The summed E-state index contributed by atoms with van der Waals surface area (Å²) in [6.07, 6.45) is 0. The molecule has 0 radical (unpaired) electrons. The first kappa shape index (κ1) is 27.4. The molecule has 8 nitrogen and oxygen atoms in total. The number of fused-ring (bicyclic) bond motifs is 1. The number of nitrogens with one attached hydrogen (secondary N) is 1. The number of hydrogen-bond acceptors (Lipinski definition) is 8. The number of anilines is 1. The summed E-state index contributed by atoms with van der Waals surface area (Å²) >= 11 is 7.91. The summed E-state index contributed by atoms with van der Waals surface area (Å²) in [5.41, 5.74) is 3.88. The van der Waals surface area contributed by atoms with Gasteiger partial charge < -0.3 is 19.7 Å². The standard InChI is InChI=1S/C31H30ClN5O3S/c32-28-17-29(37-13-11-36(12-14-37)19-22-5-2-1-3-6-22)35-31(34-28)41-20-24-7-4-8-25(15-24)30(38)33-18-23-9-10-26-27(16-23)40-21-39-26/h1-10,15-17H,11-14,18-21H2,(H,33,38). The Morgan fingerprint density at radius 2 is 1.66 bits per heavy atom. The Labute approximate surface area is 248 Å². The Balaban J connectivity index is 1.03. The van der Waals surface area contributed by atoms with Gasteiger partial charge in [-0.2, -0.15) is 0 Å². The average molecular weight is 588 g/mol. The molecule has 3 aromatic carbocycles. The van der Waals surface area contributed by atoms with E-state index in [-0.39, 0.29) is 12.7 Å². The number of rotatable bonds is 9. The van der Waals surface area contributed by atoms with Crippen LogP contribution in [-0.2, 0) is 18.8 Å². The molecule has 2 aliphatic rings. The number of hydrogen-bond donors (Lipinski definition) is 1. The van der Waals surface area contributed by atoms with Crippen molar-refractivity contribution in [3.8, 4) is 11.5 Å². The molecule has 10 heteroatoms. The van der Waals surface area contributed by atoms with Gasteiger partial charge in [-0.25, -0.2) is 9.97 Å².